The van der Waals surface area contributed by atoms with Crippen molar-refractivity contribution in [2.75, 3.05) is 7.05 Å². The summed E-state index contributed by atoms with van der Waals surface area (Å²) in [6.45, 7) is 1.39. The van der Waals surface area contributed by atoms with Gasteiger partial charge in [0.05, 0.1) is 24.1 Å². The molecule has 0 saturated carbocycles. The third kappa shape index (κ3) is 4.44. The zero-order valence-corrected chi connectivity index (χ0v) is 7.53. The molecule has 0 aromatic rings. The molecule has 0 atom stereocenters. The monoisotopic (exact) mass is 178 g/mol. The van der Waals surface area contributed by atoms with E-state index in [0.717, 1.165) is 0 Å². The first kappa shape index (κ1) is 11.0. The molecular formula is C8H10N4O. The summed E-state index contributed by atoms with van der Waals surface area (Å²) in [6.07, 6.45) is 1.37. The number of hydrazine groups is 1. The van der Waals surface area contributed by atoms with Crippen LogP contribution in [-0.2, 0) is 4.79 Å². The van der Waals surface area contributed by atoms with Crippen molar-refractivity contribution in [3.63, 3.8) is 0 Å². The number of allylic oxidation sites excluding steroid dienone is 1. The van der Waals surface area contributed by atoms with Crippen molar-refractivity contribution in [2.24, 2.45) is 0 Å². The lowest BCUT2D eigenvalue weighted by molar-refractivity contribution is -0.129. The predicted octanol–water partition coefficient (Wildman–Crippen LogP) is 0.290. The van der Waals surface area contributed by atoms with Gasteiger partial charge in [0.25, 0.3) is 0 Å². The standard InChI is InChI=1S/C8H10N4O/c1-7(13)12(2)11-6-8(5-10)3-4-9/h6,11H,3H2,1-2H3/b8-6-. The van der Waals surface area contributed by atoms with Gasteiger partial charge in [0.1, 0.15) is 0 Å². The van der Waals surface area contributed by atoms with E-state index in [2.05, 4.69) is 5.43 Å². The fraction of sp³-hybridized carbons (Fsp3) is 0.375. The van der Waals surface area contributed by atoms with Crippen LogP contribution in [0.25, 0.3) is 0 Å². The third-order valence-electron chi connectivity index (χ3n) is 1.32. The van der Waals surface area contributed by atoms with Gasteiger partial charge in [-0.25, -0.2) is 0 Å². The topological polar surface area (TPSA) is 79.9 Å². The zero-order valence-electron chi connectivity index (χ0n) is 7.53. The number of hydrogen-bond donors (Lipinski definition) is 1. The van der Waals surface area contributed by atoms with Gasteiger partial charge in [-0.2, -0.15) is 10.5 Å². The molecule has 0 aliphatic carbocycles. The minimum absolute atomic E-state index is 0.0369. The maximum absolute atomic E-state index is 10.7. The maximum atomic E-state index is 10.7. The summed E-state index contributed by atoms with van der Waals surface area (Å²) in [7, 11) is 1.53. The summed E-state index contributed by atoms with van der Waals surface area (Å²) in [5.74, 6) is -0.175. The lowest BCUT2D eigenvalue weighted by atomic mass is 10.2. The van der Waals surface area contributed by atoms with Crippen LogP contribution in [0.5, 0.6) is 0 Å². The van der Waals surface area contributed by atoms with Gasteiger partial charge in [-0.3, -0.25) is 9.80 Å². The summed E-state index contributed by atoms with van der Waals surface area (Å²) < 4.78 is 0. The second-order valence-corrected chi connectivity index (χ2v) is 2.32. The van der Waals surface area contributed by atoms with Crippen LogP contribution in [0, 0.1) is 22.7 Å². The van der Waals surface area contributed by atoms with E-state index in [9.17, 15) is 4.79 Å². The third-order valence-corrected chi connectivity index (χ3v) is 1.32. The van der Waals surface area contributed by atoms with Crippen molar-refractivity contribution in [1.82, 2.24) is 10.4 Å². The number of rotatable bonds is 3. The maximum Gasteiger partial charge on any atom is 0.237 e. The summed E-state index contributed by atoms with van der Waals surface area (Å²) in [6, 6.07) is 3.67. The molecule has 13 heavy (non-hydrogen) atoms. The molecule has 0 aliphatic rings. The van der Waals surface area contributed by atoms with Crippen molar-refractivity contribution < 1.29 is 4.79 Å². The van der Waals surface area contributed by atoms with Gasteiger partial charge in [0, 0.05) is 20.2 Å². The highest BCUT2D eigenvalue weighted by Crippen LogP contribution is 1.95. The molecule has 0 spiro atoms. The Kier molecular flexibility index (Phi) is 4.75. The lowest BCUT2D eigenvalue weighted by Gasteiger charge is -2.13. The van der Waals surface area contributed by atoms with Crippen LogP contribution in [0.3, 0.4) is 0 Å². The Bertz CT molecular complexity index is 294. The number of amides is 1. The quantitative estimate of drug-likeness (QED) is 0.497. The lowest BCUT2D eigenvalue weighted by Crippen LogP contribution is -2.34. The fourth-order valence-electron chi connectivity index (χ4n) is 0.474. The highest BCUT2D eigenvalue weighted by Gasteiger charge is 1.98. The molecule has 0 aromatic carbocycles. The van der Waals surface area contributed by atoms with Crippen LogP contribution in [0.15, 0.2) is 11.8 Å². The van der Waals surface area contributed by atoms with Gasteiger partial charge in [-0.15, -0.1) is 0 Å². The van der Waals surface area contributed by atoms with Gasteiger partial charge in [-0.05, 0) is 0 Å². The molecule has 0 rings (SSSR count). The minimum atomic E-state index is -0.175. The average Bonchev–Trinajstić information content (AvgIpc) is 2.11. The number of nitrogens with zero attached hydrogens (tertiary/aromatic N) is 3. The van der Waals surface area contributed by atoms with E-state index in [1.165, 1.54) is 25.2 Å². The smallest absolute Gasteiger partial charge is 0.237 e. The molecule has 0 fully saturated rings. The molecule has 0 unspecified atom stereocenters. The highest BCUT2D eigenvalue weighted by molar-refractivity contribution is 5.72. The molecular weight excluding hydrogens is 168 g/mol. The second-order valence-electron chi connectivity index (χ2n) is 2.32. The number of carbonyl (C=O) groups excluding carboxylic acids is 1. The summed E-state index contributed by atoms with van der Waals surface area (Å²) in [5, 5.41) is 18.0. The first-order chi connectivity index (χ1) is 6.11. The molecule has 0 aliphatic heterocycles. The second kappa shape index (κ2) is 5.62. The van der Waals surface area contributed by atoms with Crippen molar-refractivity contribution in [1.29, 1.82) is 10.5 Å². The Morgan fingerprint density at radius 1 is 1.62 bits per heavy atom. The molecule has 1 N–H and O–H groups in total. The van der Waals surface area contributed by atoms with Gasteiger partial charge < -0.3 is 5.43 Å². The van der Waals surface area contributed by atoms with Gasteiger partial charge >= 0.3 is 0 Å². The Balaban J connectivity index is 4.18. The van der Waals surface area contributed by atoms with Gasteiger partial charge in [0.15, 0.2) is 0 Å². The Morgan fingerprint density at radius 3 is 2.62 bits per heavy atom. The molecule has 0 heterocycles. The van der Waals surface area contributed by atoms with E-state index in [4.69, 9.17) is 10.5 Å². The number of nitriles is 2. The van der Waals surface area contributed by atoms with Crippen molar-refractivity contribution in [3.8, 4) is 12.1 Å². The largest absolute Gasteiger partial charge is 0.303 e. The number of carbonyl (C=O) groups is 1. The van der Waals surface area contributed by atoms with E-state index in [-0.39, 0.29) is 17.9 Å². The van der Waals surface area contributed by atoms with Gasteiger partial charge in [-0.1, -0.05) is 0 Å². The Hall–Kier alpha value is -2.01. The summed E-state index contributed by atoms with van der Waals surface area (Å²) in [4.78, 5) is 10.7. The summed E-state index contributed by atoms with van der Waals surface area (Å²) >= 11 is 0. The average molecular weight is 178 g/mol. The molecule has 0 bridgehead atoms. The molecule has 5 heteroatoms. The van der Waals surface area contributed by atoms with Crippen molar-refractivity contribution in [3.05, 3.63) is 11.8 Å². The number of nitrogens with one attached hydrogen (secondary N) is 1. The van der Waals surface area contributed by atoms with Crippen LogP contribution in [0.1, 0.15) is 13.3 Å². The van der Waals surface area contributed by atoms with Crippen LogP contribution < -0.4 is 5.43 Å². The predicted molar refractivity (Wildman–Crippen MR) is 45.5 cm³/mol. The molecule has 5 nitrogen and oxygen atoms in total. The normalized spacial score (nSPS) is 9.69. The first-order valence-electron chi connectivity index (χ1n) is 3.58. The van der Waals surface area contributed by atoms with Crippen LogP contribution in [-0.4, -0.2) is 18.0 Å². The van der Waals surface area contributed by atoms with Crippen LogP contribution in [0.2, 0.25) is 0 Å². The van der Waals surface area contributed by atoms with Crippen LogP contribution >= 0.6 is 0 Å². The Labute approximate surface area is 76.8 Å². The van der Waals surface area contributed by atoms with E-state index >= 15 is 0 Å². The molecule has 0 saturated heterocycles. The first-order valence-corrected chi connectivity index (χ1v) is 3.58. The van der Waals surface area contributed by atoms with E-state index < -0.39 is 0 Å². The molecule has 0 aromatic heterocycles. The zero-order chi connectivity index (χ0) is 10.3. The summed E-state index contributed by atoms with van der Waals surface area (Å²) in [5.41, 5.74) is 2.85. The molecule has 0 radical (unpaired) electrons. The SMILES string of the molecule is CC(=O)N(C)N/C=C(\C#N)CC#N. The fourth-order valence-corrected chi connectivity index (χ4v) is 0.474. The number of hydrogen-bond acceptors (Lipinski definition) is 4. The van der Waals surface area contributed by atoms with E-state index in [0.29, 0.717) is 0 Å². The molecule has 68 valence electrons. The van der Waals surface area contributed by atoms with E-state index in [1.54, 1.807) is 0 Å². The minimum Gasteiger partial charge on any atom is -0.303 e. The highest BCUT2D eigenvalue weighted by atomic mass is 16.2. The Morgan fingerprint density at radius 2 is 2.23 bits per heavy atom. The van der Waals surface area contributed by atoms with E-state index in [1.807, 2.05) is 12.1 Å². The van der Waals surface area contributed by atoms with Gasteiger partial charge in [0.2, 0.25) is 5.91 Å². The molecule has 1 amide bonds. The van der Waals surface area contributed by atoms with Crippen molar-refractivity contribution >= 4 is 5.91 Å². The van der Waals surface area contributed by atoms with Crippen molar-refractivity contribution in [2.45, 2.75) is 13.3 Å². The van der Waals surface area contributed by atoms with Crippen LogP contribution in [0.4, 0.5) is 0 Å².